The average Bonchev–Trinajstić information content (AvgIpc) is 2.73. The van der Waals surface area contributed by atoms with E-state index in [2.05, 4.69) is 12.8 Å². The van der Waals surface area contributed by atoms with E-state index in [1.54, 1.807) is 23.9 Å². The zero-order valence-electron chi connectivity index (χ0n) is 14.9. The van der Waals surface area contributed by atoms with Crippen molar-refractivity contribution < 1.29 is 19.8 Å². The zero-order chi connectivity index (χ0) is 20.1. The minimum Gasteiger partial charge on any atom is -0.507 e. The fourth-order valence-electron chi connectivity index (χ4n) is 3.34. The smallest absolute Gasteiger partial charge is 0.199 e. The van der Waals surface area contributed by atoms with Crippen molar-refractivity contribution in [1.82, 2.24) is 0 Å². The Bertz CT molecular complexity index is 905. The molecular weight excluding hydrogens is 362 g/mol. The first-order valence-corrected chi connectivity index (χ1v) is 9.58. The van der Waals surface area contributed by atoms with E-state index in [1.807, 2.05) is 6.26 Å². The van der Waals surface area contributed by atoms with Crippen LogP contribution in [0.1, 0.15) is 43.8 Å². The highest BCUT2D eigenvalue weighted by Crippen LogP contribution is 2.45. The first-order chi connectivity index (χ1) is 13.0. The van der Waals surface area contributed by atoms with Gasteiger partial charge in [0.15, 0.2) is 12.1 Å². The molecule has 0 heterocycles. The highest BCUT2D eigenvalue weighted by atomic mass is 32.2. The van der Waals surface area contributed by atoms with Gasteiger partial charge in [0.1, 0.15) is 11.5 Å². The molecule has 2 aromatic carbocycles. The molecule has 6 heteroatoms. The van der Waals surface area contributed by atoms with Crippen LogP contribution in [0.3, 0.4) is 0 Å². The van der Waals surface area contributed by atoms with E-state index in [9.17, 15) is 19.8 Å². The van der Waals surface area contributed by atoms with E-state index in [-0.39, 0.29) is 33.9 Å². The number of carbonyl (C=O) groups is 2. The summed E-state index contributed by atoms with van der Waals surface area (Å²) in [6.45, 7) is 0. The second-order valence-corrected chi connectivity index (χ2v) is 7.22. The predicted molar refractivity (Wildman–Crippen MR) is 109 cm³/mol. The Labute approximate surface area is 162 Å². The Hall–Kier alpha value is -2.91. The van der Waals surface area contributed by atoms with Gasteiger partial charge in [0.25, 0.3) is 0 Å². The summed E-state index contributed by atoms with van der Waals surface area (Å²) < 4.78 is 0. The molecule has 0 aliphatic heterocycles. The molecule has 0 amide bonds. The molecule has 140 valence electrons. The van der Waals surface area contributed by atoms with Crippen LogP contribution >= 0.6 is 11.8 Å². The number of nitrogen functional groups attached to an aromatic ring is 1. The summed E-state index contributed by atoms with van der Waals surface area (Å²) in [6.07, 6.45) is 12.6. The third-order valence-electron chi connectivity index (χ3n) is 4.74. The number of aromatic hydroxyl groups is 2. The Morgan fingerprint density at radius 1 is 1.22 bits per heavy atom. The van der Waals surface area contributed by atoms with E-state index in [4.69, 9.17) is 5.73 Å². The molecule has 0 unspecified atom stereocenters. The predicted octanol–water partition coefficient (Wildman–Crippen LogP) is 3.19. The Morgan fingerprint density at radius 3 is 2.52 bits per heavy atom. The summed E-state index contributed by atoms with van der Waals surface area (Å²) in [4.78, 5) is 24.2. The lowest BCUT2D eigenvalue weighted by atomic mass is 9.85. The highest BCUT2D eigenvalue weighted by Gasteiger charge is 2.31. The number of nitrogens with two attached hydrogens (primary N) is 1. The second kappa shape index (κ2) is 8.65. The van der Waals surface area contributed by atoms with Gasteiger partial charge in [-0.15, -0.1) is 12.8 Å². The van der Waals surface area contributed by atoms with Crippen molar-refractivity contribution in [2.75, 3.05) is 12.0 Å². The number of aldehydes is 1. The van der Waals surface area contributed by atoms with Crippen LogP contribution in [0, 0.1) is 12.8 Å². The van der Waals surface area contributed by atoms with Crippen molar-refractivity contribution in [3.8, 4) is 24.3 Å². The van der Waals surface area contributed by atoms with Crippen LogP contribution < -0.4 is 5.73 Å². The number of hydrogen-bond donors (Lipinski definition) is 3. The second-order valence-electron chi connectivity index (χ2n) is 6.08. The fraction of sp³-hybridized carbons (Fsp3) is 0.238. The van der Waals surface area contributed by atoms with Gasteiger partial charge in [-0.25, -0.2) is 0 Å². The van der Waals surface area contributed by atoms with Gasteiger partial charge in [-0.05, 0) is 25.5 Å². The number of hydrogen-bond acceptors (Lipinski definition) is 6. The topological polar surface area (TPSA) is 101 Å². The van der Waals surface area contributed by atoms with Gasteiger partial charge in [0.05, 0.1) is 11.3 Å². The number of benzene rings is 2. The number of rotatable bonds is 4. The monoisotopic (exact) mass is 383 g/mol. The number of fused-ring (bicyclic) bond motifs is 1. The maximum absolute atomic E-state index is 12.9. The van der Waals surface area contributed by atoms with Gasteiger partial charge in [0, 0.05) is 27.5 Å². The third kappa shape index (κ3) is 3.64. The largest absolute Gasteiger partial charge is 0.507 e. The summed E-state index contributed by atoms with van der Waals surface area (Å²) >= 11 is 1.69. The number of anilines is 1. The molecule has 1 aliphatic rings. The SMILES string of the molecule is C#C.CS[C@H]1CCc2c(O)c(N)c(C(=O)c3ccccc3C=O)c(O)c2C1. The molecule has 0 aromatic heterocycles. The van der Waals surface area contributed by atoms with Crippen LogP contribution in [0.15, 0.2) is 24.3 Å². The van der Waals surface area contributed by atoms with Crippen molar-refractivity contribution in [3.63, 3.8) is 0 Å². The molecule has 1 aliphatic carbocycles. The molecule has 0 fully saturated rings. The molecule has 1 atom stereocenters. The van der Waals surface area contributed by atoms with Crippen molar-refractivity contribution in [1.29, 1.82) is 0 Å². The lowest BCUT2D eigenvalue weighted by molar-refractivity contribution is 0.102. The van der Waals surface area contributed by atoms with Crippen LogP contribution in [0.25, 0.3) is 0 Å². The quantitative estimate of drug-likeness (QED) is 0.187. The van der Waals surface area contributed by atoms with Gasteiger partial charge in [-0.2, -0.15) is 11.8 Å². The van der Waals surface area contributed by atoms with Crippen LogP contribution in [-0.4, -0.2) is 33.8 Å². The Morgan fingerprint density at radius 2 is 1.89 bits per heavy atom. The molecule has 3 rings (SSSR count). The van der Waals surface area contributed by atoms with Gasteiger partial charge in [0.2, 0.25) is 0 Å². The van der Waals surface area contributed by atoms with Crippen LogP contribution in [0.2, 0.25) is 0 Å². The van der Waals surface area contributed by atoms with E-state index in [0.29, 0.717) is 35.5 Å². The van der Waals surface area contributed by atoms with Crippen molar-refractivity contribution >= 4 is 29.5 Å². The van der Waals surface area contributed by atoms with Gasteiger partial charge < -0.3 is 15.9 Å². The molecule has 4 N–H and O–H groups in total. The molecule has 0 radical (unpaired) electrons. The van der Waals surface area contributed by atoms with Gasteiger partial charge >= 0.3 is 0 Å². The molecule has 27 heavy (non-hydrogen) atoms. The van der Waals surface area contributed by atoms with Crippen LogP contribution in [0.5, 0.6) is 11.5 Å². The summed E-state index contributed by atoms with van der Waals surface area (Å²) in [6, 6.07) is 6.31. The van der Waals surface area contributed by atoms with Gasteiger partial charge in [-0.1, -0.05) is 24.3 Å². The fourth-order valence-corrected chi connectivity index (χ4v) is 4.03. The molecule has 0 saturated heterocycles. The molecule has 5 nitrogen and oxygen atoms in total. The molecule has 0 bridgehead atoms. The number of ketones is 1. The first-order valence-electron chi connectivity index (χ1n) is 8.29. The van der Waals surface area contributed by atoms with Crippen molar-refractivity contribution in [2.45, 2.75) is 24.5 Å². The molecule has 2 aromatic rings. The zero-order valence-corrected chi connectivity index (χ0v) is 15.8. The van der Waals surface area contributed by atoms with E-state index in [0.717, 1.165) is 6.42 Å². The maximum Gasteiger partial charge on any atom is 0.199 e. The number of carbonyl (C=O) groups excluding carboxylic acids is 2. The lowest BCUT2D eigenvalue weighted by Crippen LogP contribution is -2.19. The van der Waals surface area contributed by atoms with E-state index >= 15 is 0 Å². The summed E-state index contributed by atoms with van der Waals surface area (Å²) in [5.74, 6) is -0.892. The highest BCUT2D eigenvalue weighted by molar-refractivity contribution is 7.99. The van der Waals surface area contributed by atoms with Crippen LogP contribution in [0.4, 0.5) is 5.69 Å². The summed E-state index contributed by atoms with van der Waals surface area (Å²) in [7, 11) is 0. The molecular formula is C21H21NO4S. The molecule has 0 spiro atoms. The number of thioether (sulfide) groups is 1. The normalized spacial score (nSPS) is 15.1. The maximum atomic E-state index is 12.9. The van der Waals surface area contributed by atoms with Gasteiger partial charge in [-0.3, -0.25) is 9.59 Å². The standard InChI is InChI=1S/C19H19NO4S.C2H2/c1-25-11-6-7-13-14(8-11)18(23)15(16(20)19(13)24)17(22)12-5-3-2-4-10(12)9-21;1-2/h2-5,9,11,23-24H,6-8,20H2,1H3;1-2H/t11-;/m0./s1. The Kier molecular flexibility index (Phi) is 6.54. The number of phenolic OH excluding ortho intramolecular Hbond substituents is 2. The average molecular weight is 383 g/mol. The summed E-state index contributed by atoms with van der Waals surface area (Å²) in [5.41, 5.74) is 7.26. The Balaban J connectivity index is 0.00000126. The summed E-state index contributed by atoms with van der Waals surface area (Å²) in [5, 5.41) is 21.5. The van der Waals surface area contributed by atoms with Crippen molar-refractivity contribution in [2.24, 2.45) is 0 Å². The number of phenols is 2. The lowest BCUT2D eigenvalue weighted by Gasteiger charge is -2.26. The van der Waals surface area contributed by atoms with Crippen molar-refractivity contribution in [3.05, 3.63) is 52.1 Å². The van der Waals surface area contributed by atoms with E-state index in [1.165, 1.54) is 12.1 Å². The van der Waals surface area contributed by atoms with E-state index < -0.39 is 5.78 Å². The minimum atomic E-state index is -0.568. The molecule has 0 saturated carbocycles. The number of terminal acetylenes is 1. The van der Waals surface area contributed by atoms with Crippen LogP contribution in [-0.2, 0) is 12.8 Å². The third-order valence-corrected chi connectivity index (χ3v) is 5.81. The first kappa shape index (κ1) is 20.4. The minimum absolute atomic E-state index is 0.132.